The van der Waals surface area contributed by atoms with Crippen LogP contribution in [-0.4, -0.2) is 25.0 Å². The SMILES string of the molecule is CCc1cc2c(=O)n(CCn3ccnc3C=O)c(=O)n(Cc3ccc(-c4ccccc4C#N)cc3)c2s1. The van der Waals surface area contributed by atoms with Gasteiger partial charge in [-0.3, -0.25) is 18.7 Å². The fraction of sp³-hybridized carbons (Fsp3) is 0.179. The van der Waals surface area contributed by atoms with E-state index in [0.717, 1.165) is 28.0 Å². The molecule has 0 fully saturated rings. The molecule has 5 aromatic rings. The molecule has 0 spiro atoms. The monoisotopic (exact) mass is 509 g/mol. The number of imidazole rings is 1. The van der Waals surface area contributed by atoms with Crippen LogP contribution in [0.1, 0.15) is 33.5 Å². The second kappa shape index (κ2) is 10.2. The average Bonchev–Trinajstić information content (AvgIpc) is 3.58. The summed E-state index contributed by atoms with van der Waals surface area (Å²) in [5.41, 5.74) is 2.54. The highest BCUT2D eigenvalue weighted by molar-refractivity contribution is 7.18. The first-order valence-electron chi connectivity index (χ1n) is 11.8. The Bertz CT molecular complexity index is 1770. The molecule has 8 nitrogen and oxygen atoms in total. The van der Waals surface area contributed by atoms with Gasteiger partial charge in [0, 0.05) is 30.4 Å². The van der Waals surface area contributed by atoms with E-state index in [1.165, 1.54) is 22.1 Å². The number of thiophene rings is 1. The van der Waals surface area contributed by atoms with E-state index in [9.17, 15) is 19.6 Å². The molecule has 184 valence electrons. The normalized spacial score (nSPS) is 11.0. The van der Waals surface area contributed by atoms with Crippen LogP contribution in [0.15, 0.2) is 76.6 Å². The van der Waals surface area contributed by atoms with Crippen molar-refractivity contribution < 1.29 is 4.79 Å². The quantitative estimate of drug-likeness (QED) is 0.293. The molecule has 0 radical (unpaired) electrons. The minimum Gasteiger partial charge on any atom is -0.327 e. The molecule has 37 heavy (non-hydrogen) atoms. The molecule has 3 aromatic heterocycles. The summed E-state index contributed by atoms with van der Waals surface area (Å²) < 4.78 is 4.50. The van der Waals surface area contributed by atoms with E-state index in [0.29, 0.717) is 28.6 Å². The van der Waals surface area contributed by atoms with Gasteiger partial charge in [0.2, 0.25) is 0 Å². The molecule has 3 heterocycles. The third kappa shape index (κ3) is 4.55. The first kappa shape index (κ1) is 24.2. The van der Waals surface area contributed by atoms with Crippen molar-refractivity contribution in [1.29, 1.82) is 5.26 Å². The van der Waals surface area contributed by atoms with Crippen LogP contribution in [0.5, 0.6) is 0 Å². The standard InChI is InChI=1S/C28H23N5O3S/c1-2-22-15-24-26(35)32(14-13-31-12-11-30-25(31)18-34)28(36)33(27(24)37-22)17-19-7-9-20(10-8-19)23-6-4-3-5-21(23)16-29/h3-12,15,18H,2,13-14,17H2,1H3. The van der Waals surface area contributed by atoms with Crippen molar-refractivity contribution in [2.45, 2.75) is 33.0 Å². The molecule has 5 rings (SSSR count). The number of aldehydes is 1. The van der Waals surface area contributed by atoms with Crippen LogP contribution in [-0.2, 0) is 26.1 Å². The van der Waals surface area contributed by atoms with Gasteiger partial charge in [-0.25, -0.2) is 9.78 Å². The largest absolute Gasteiger partial charge is 0.332 e. The van der Waals surface area contributed by atoms with Gasteiger partial charge >= 0.3 is 5.69 Å². The fourth-order valence-corrected chi connectivity index (χ4v) is 5.48. The lowest BCUT2D eigenvalue weighted by atomic mass is 9.99. The van der Waals surface area contributed by atoms with Crippen LogP contribution in [0, 0.1) is 11.3 Å². The molecule has 0 aliphatic carbocycles. The Hall–Kier alpha value is -4.55. The summed E-state index contributed by atoms with van der Waals surface area (Å²) in [5.74, 6) is 0.247. The van der Waals surface area contributed by atoms with Crippen LogP contribution in [0.4, 0.5) is 0 Å². The maximum absolute atomic E-state index is 13.6. The smallest absolute Gasteiger partial charge is 0.327 e. The molecule has 9 heteroatoms. The number of aromatic nitrogens is 4. The Morgan fingerprint density at radius 3 is 2.57 bits per heavy atom. The summed E-state index contributed by atoms with van der Waals surface area (Å²) in [6, 6.07) is 19.3. The van der Waals surface area contributed by atoms with Crippen LogP contribution in [0.25, 0.3) is 21.3 Å². The Morgan fingerprint density at radius 1 is 1.05 bits per heavy atom. The highest BCUT2D eigenvalue weighted by Crippen LogP contribution is 2.25. The van der Waals surface area contributed by atoms with E-state index in [-0.39, 0.29) is 24.5 Å². The number of benzene rings is 2. The molecule has 0 aliphatic rings. The third-order valence-electron chi connectivity index (χ3n) is 6.37. The Balaban J connectivity index is 1.54. The predicted octanol–water partition coefficient (Wildman–Crippen LogP) is 4.08. The van der Waals surface area contributed by atoms with Crippen molar-refractivity contribution in [3.63, 3.8) is 0 Å². The maximum Gasteiger partial charge on any atom is 0.332 e. The van der Waals surface area contributed by atoms with Gasteiger partial charge in [0.1, 0.15) is 4.83 Å². The zero-order chi connectivity index (χ0) is 25.9. The van der Waals surface area contributed by atoms with Crippen LogP contribution < -0.4 is 11.2 Å². The maximum atomic E-state index is 13.6. The molecule has 0 amide bonds. The van der Waals surface area contributed by atoms with Crippen molar-refractivity contribution in [3.8, 4) is 17.2 Å². The number of carbonyl (C=O) groups excluding carboxylic acids is 1. The Kier molecular flexibility index (Phi) is 6.66. The third-order valence-corrected chi connectivity index (χ3v) is 7.67. The molecule has 0 bridgehead atoms. The van der Waals surface area contributed by atoms with Gasteiger partial charge in [0.05, 0.1) is 23.6 Å². The lowest BCUT2D eigenvalue weighted by molar-refractivity contribution is 0.111. The minimum absolute atomic E-state index is 0.117. The number of hydrogen-bond donors (Lipinski definition) is 0. The van der Waals surface area contributed by atoms with Gasteiger partial charge in [-0.05, 0) is 35.2 Å². The number of hydrogen-bond acceptors (Lipinski definition) is 6. The minimum atomic E-state index is -0.395. The lowest BCUT2D eigenvalue weighted by Crippen LogP contribution is -2.40. The Labute approximate surface area is 216 Å². The molecule has 0 aliphatic heterocycles. The molecule has 0 saturated carbocycles. The topological polar surface area (TPSA) is 103 Å². The molecular weight excluding hydrogens is 486 g/mol. The van der Waals surface area contributed by atoms with Gasteiger partial charge in [-0.2, -0.15) is 5.26 Å². The summed E-state index contributed by atoms with van der Waals surface area (Å²) in [7, 11) is 0. The number of aryl methyl sites for hydroxylation is 2. The predicted molar refractivity (Wildman–Crippen MR) is 143 cm³/mol. The highest BCUT2D eigenvalue weighted by atomic mass is 32.1. The van der Waals surface area contributed by atoms with E-state index >= 15 is 0 Å². The zero-order valence-electron chi connectivity index (χ0n) is 20.1. The number of nitrogens with zero attached hydrogens (tertiary/aromatic N) is 5. The molecule has 2 aromatic carbocycles. The van der Waals surface area contributed by atoms with Crippen molar-refractivity contribution in [1.82, 2.24) is 18.7 Å². The molecule has 0 saturated heterocycles. The number of fused-ring (bicyclic) bond motifs is 1. The Morgan fingerprint density at radius 2 is 1.84 bits per heavy atom. The number of carbonyl (C=O) groups is 1. The lowest BCUT2D eigenvalue weighted by Gasteiger charge is -2.13. The summed E-state index contributed by atoms with van der Waals surface area (Å²) in [4.78, 5) is 43.8. The van der Waals surface area contributed by atoms with Gasteiger partial charge in [0.25, 0.3) is 5.56 Å². The van der Waals surface area contributed by atoms with Gasteiger partial charge < -0.3 is 4.57 Å². The number of rotatable bonds is 8. The summed E-state index contributed by atoms with van der Waals surface area (Å²) in [6.07, 6.45) is 4.57. The first-order valence-corrected chi connectivity index (χ1v) is 12.7. The van der Waals surface area contributed by atoms with Gasteiger partial charge in [-0.15, -0.1) is 11.3 Å². The van der Waals surface area contributed by atoms with E-state index < -0.39 is 5.69 Å². The van der Waals surface area contributed by atoms with Crippen molar-refractivity contribution in [2.75, 3.05) is 0 Å². The average molecular weight is 510 g/mol. The van der Waals surface area contributed by atoms with E-state index in [1.54, 1.807) is 21.4 Å². The summed E-state index contributed by atoms with van der Waals surface area (Å²) in [6.45, 7) is 2.70. The highest BCUT2D eigenvalue weighted by Gasteiger charge is 2.17. The van der Waals surface area contributed by atoms with E-state index in [4.69, 9.17) is 0 Å². The first-order chi connectivity index (χ1) is 18.0. The zero-order valence-corrected chi connectivity index (χ0v) is 20.9. The van der Waals surface area contributed by atoms with E-state index in [1.807, 2.05) is 55.5 Å². The molecular formula is C28H23N5O3S. The van der Waals surface area contributed by atoms with Crippen molar-refractivity contribution in [3.05, 3.63) is 110 Å². The second-order valence-corrected chi connectivity index (χ2v) is 9.68. The van der Waals surface area contributed by atoms with Crippen LogP contribution >= 0.6 is 11.3 Å². The summed E-state index contributed by atoms with van der Waals surface area (Å²) in [5, 5.41) is 9.94. The van der Waals surface area contributed by atoms with Gasteiger partial charge in [0.15, 0.2) is 12.1 Å². The summed E-state index contributed by atoms with van der Waals surface area (Å²) >= 11 is 1.46. The van der Waals surface area contributed by atoms with Crippen LogP contribution in [0.2, 0.25) is 0 Å². The second-order valence-electron chi connectivity index (χ2n) is 8.56. The van der Waals surface area contributed by atoms with Crippen LogP contribution in [0.3, 0.4) is 0 Å². The van der Waals surface area contributed by atoms with Crippen molar-refractivity contribution in [2.24, 2.45) is 0 Å². The van der Waals surface area contributed by atoms with Crippen molar-refractivity contribution >= 4 is 27.8 Å². The molecule has 0 unspecified atom stereocenters. The number of nitriles is 1. The molecule has 0 atom stereocenters. The van der Waals surface area contributed by atoms with Gasteiger partial charge in [-0.1, -0.05) is 49.4 Å². The fourth-order valence-electron chi connectivity index (χ4n) is 4.40. The molecule has 0 N–H and O–H groups in total. The van der Waals surface area contributed by atoms with E-state index in [2.05, 4.69) is 11.1 Å².